The van der Waals surface area contributed by atoms with E-state index in [9.17, 15) is 4.79 Å². The van der Waals surface area contributed by atoms with Gasteiger partial charge in [-0.05, 0) is 77.0 Å². The van der Waals surface area contributed by atoms with Crippen LogP contribution in [0.3, 0.4) is 0 Å². The van der Waals surface area contributed by atoms with E-state index in [0.717, 1.165) is 14.7 Å². The standard InChI is InChI=1S/C23H16ClIN2O/c1-15-6-2-3-7-16(15)10-13-22-26-20-12-11-17(25)14-18(20)23(28)27(22)21-9-5-4-8-19(21)24/h2-14H,1H3/b13-10+. The van der Waals surface area contributed by atoms with Crippen molar-refractivity contribution in [3.63, 3.8) is 0 Å². The van der Waals surface area contributed by atoms with Crippen LogP contribution in [0.25, 0.3) is 28.7 Å². The van der Waals surface area contributed by atoms with Crippen LogP contribution in [0.2, 0.25) is 5.02 Å². The normalized spacial score (nSPS) is 11.4. The summed E-state index contributed by atoms with van der Waals surface area (Å²) < 4.78 is 2.56. The molecule has 5 heteroatoms. The van der Waals surface area contributed by atoms with E-state index in [1.165, 1.54) is 0 Å². The molecule has 0 aliphatic heterocycles. The molecule has 1 aromatic heterocycles. The Morgan fingerprint density at radius 2 is 1.75 bits per heavy atom. The van der Waals surface area contributed by atoms with Crippen molar-refractivity contribution in [1.29, 1.82) is 0 Å². The lowest BCUT2D eigenvalue weighted by atomic mass is 10.1. The minimum atomic E-state index is -0.138. The quantitative estimate of drug-likeness (QED) is 0.319. The predicted octanol–water partition coefficient (Wildman–Crippen LogP) is 6.12. The average molecular weight is 499 g/mol. The van der Waals surface area contributed by atoms with Gasteiger partial charge in [0.05, 0.1) is 21.6 Å². The van der Waals surface area contributed by atoms with Crippen LogP contribution in [-0.4, -0.2) is 9.55 Å². The van der Waals surface area contributed by atoms with E-state index in [4.69, 9.17) is 16.6 Å². The van der Waals surface area contributed by atoms with E-state index in [0.29, 0.717) is 27.4 Å². The molecule has 0 spiro atoms. The van der Waals surface area contributed by atoms with Gasteiger partial charge in [-0.25, -0.2) is 4.98 Å². The van der Waals surface area contributed by atoms with Gasteiger partial charge in [-0.2, -0.15) is 0 Å². The van der Waals surface area contributed by atoms with Crippen LogP contribution in [0.5, 0.6) is 0 Å². The molecule has 0 bridgehead atoms. The van der Waals surface area contributed by atoms with E-state index in [1.807, 2.05) is 66.7 Å². The molecule has 3 aromatic carbocycles. The number of hydrogen-bond acceptors (Lipinski definition) is 2. The summed E-state index contributed by atoms with van der Waals surface area (Å²) in [5, 5.41) is 1.07. The Labute approximate surface area is 181 Å². The first kappa shape index (κ1) is 18.9. The molecular weight excluding hydrogens is 483 g/mol. The summed E-state index contributed by atoms with van der Waals surface area (Å²) in [6.07, 6.45) is 3.84. The van der Waals surface area contributed by atoms with Gasteiger partial charge in [0.15, 0.2) is 0 Å². The molecule has 0 aliphatic rings. The fraction of sp³-hybridized carbons (Fsp3) is 0.0435. The maximum atomic E-state index is 13.4. The monoisotopic (exact) mass is 498 g/mol. The minimum absolute atomic E-state index is 0.138. The van der Waals surface area contributed by atoms with Crippen LogP contribution < -0.4 is 5.56 Å². The van der Waals surface area contributed by atoms with Crippen molar-refractivity contribution in [2.75, 3.05) is 0 Å². The van der Waals surface area contributed by atoms with Gasteiger partial charge in [-0.15, -0.1) is 0 Å². The highest BCUT2D eigenvalue weighted by Gasteiger charge is 2.13. The van der Waals surface area contributed by atoms with Crippen LogP contribution >= 0.6 is 34.2 Å². The van der Waals surface area contributed by atoms with Gasteiger partial charge >= 0.3 is 0 Å². The second-order valence-corrected chi connectivity index (χ2v) is 8.07. The van der Waals surface area contributed by atoms with E-state index in [1.54, 1.807) is 10.6 Å². The largest absolute Gasteiger partial charge is 0.268 e. The van der Waals surface area contributed by atoms with E-state index in [2.05, 4.69) is 35.6 Å². The summed E-state index contributed by atoms with van der Waals surface area (Å²) >= 11 is 8.61. The van der Waals surface area contributed by atoms with Crippen LogP contribution in [0, 0.1) is 10.5 Å². The average Bonchev–Trinajstić information content (AvgIpc) is 2.69. The number of halogens is 2. The lowest BCUT2D eigenvalue weighted by Crippen LogP contribution is -2.22. The Hall–Kier alpha value is -2.44. The lowest BCUT2D eigenvalue weighted by molar-refractivity contribution is 0.944. The predicted molar refractivity (Wildman–Crippen MR) is 125 cm³/mol. The zero-order valence-electron chi connectivity index (χ0n) is 15.1. The first-order valence-electron chi connectivity index (χ1n) is 8.75. The first-order valence-corrected chi connectivity index (χ1v) is 10.2. The molecular formula is C23H16ClIN2O. The smallest absolute Gasteiger partial charge is 0.266 e. The molecule has 0 amide bonds. The topological polar surface area (TPSA) is 34.9 Å². The summed E-state index contributed by atoms with van der Waals surface area (Å²) in [6, 6.07) is 21.1. The number of aryl methyl sites for hydroxylation is 1. The zero-order chi connectivity index (χ0) is 19.7. The van der Waals surface area contributed by atoms with Gasteiger partial charge in [0.1, 0.15) is 5.82 Å². The van der Waals surface area contributed by atoms with Crippen molar-refractivity contribution >= 4 is 57.2 Å². The van der Waals surface area contributed by atoms with Crippen LogP contribution in [0.4, 0.5) is 0 Å². The molecule has 0 fully saturated rings. The van der Waals surface area contributed by atoms with Crippen LogP contribution in [-0.2, 0) is 0 Å². The Kier molecular flexibility index (Phi) is 5.33. The van der Waals surface area contributed by atoms with Crippen molar-refractivity contribution in [3.05, 3.63) is 103 Å². The van der Waals surface area contributed by atoms with Gasteiger partial charge in [-0.3, -0.25) is 9.36 Å². The summed E-state index contributed by atoms with van der Waals surface area (Å²) in [4.78, 5) is 18.1. The number of benzene rings is 3. The first-order chi connectivity index (χ1) is 13.5. The molecule has 3 nitrogen and oxygen atoms in total. The van der Waals surface area contributed by atoms with Crippen LogP contribution in [0.1, 0.15) is 17.0 Å². The Morgan fingerprint density at radius 1 is 1.00 bits per heavy atom. The second-order valence-electron chi connectivity index (χ2n) is 6.41. The molecule has 0 aliphatic carbocycles. The van der Waals surface area contributed by atoms with Crippen molar-refractivity contribution < 1.29 is 0 Å². The molecule has 0 N–H and O–H groups in total. The number of nitrogens with zero attached hydrogens (tertiary/aromatic N) is 2. The zero-order valence-corrected chi connectivity index (χ0v) is 18.0. The third-order valence-corrected chi connectivity index (χ3v) is 5.54. The number of para-hydroxylation sites is 1. The molecule has 0 unspecified atom stereocenters. The fourth-order valence-electron chi connectivity index (χ4n) is 3.09. The van der Waals surface area contributed by atoms with E-state index >= 15 is 0 Å². The fourth-order valence-corrected chi connectivity index (χ4v) is 3.80. The van der Waals surface area contributed by atoms with Crippen LogP contribution in [0.15, 0.2) is 71.5 Å². The molecule has 0 saturated carbocycles. The van der Waals surface area contributed by atoms with E-state index < -0.39 is 0 Å². The highest BCUT2D eigenvalue weighted by molar-refractivity contribution is 14.1. The second kappa shape index (κ2) is 7.89. The third kappa shape index (κ3) is 3.62. The number of hydrogen-bond donors (Lipinski definition) is 0. The molecule has 4 aromatic rings. The number of rotatable bonds is 3. The molecule has 0 atom stereocenters. The molecule has 0 saturated heterocycles. The van der Waals surface area contributed by atoms with Crippen molar-refractivity contribution in [1.82, 2.24) is 9.55 Å². The van der Waals surface area contributed by atoms with E-state index in [-0.39, 0.29) is 5.56 Å². The van der Waals surface area contributed by atoms with Gasteiger partial charge < -0.3 is 0 Å². The number of fused-ring (bicyclic) bond motifs is 1. The Morgan fingerprint density at radius 3 is 2.54 bits per heavy atom. The summed E-state index contributed by atoms with van der Waals surface area (Å²) in [6.45, 7) is 2.05. The summed E-state index contributed by atoms with van der Waals surface area (Å²) in [7, 11) is 0. The van der Waals surface area contributed by atoms with Gasteiger partial charge in [0.2, 0.25) is 0 Å². The van der Waals surface area contributed by atoms with Crippen molar-refractivity contribution in [2.24, 2.45) is 0 Å². The van der Waals surface area contributed by atoms with Gasteiger partial charge in [0, 0.05) is 3.57 Å². The maximum Gasteiger partial charge on any atom is 0.266 e. The Balaban J connectivity index is 2.00. The van der Waals surface area contributed by atoms with Gasteiger partial charge in [-0.1, -0.05) is 54.1 Å². The Bertz CT molecular complexity index is 1280. The van der Waals surface area contributed by atoms with Gasteiger partial charge in [0.25, 0.3) is 5.56 Å². The van der Waals surface area contributed by atoms with Crippen molar-refractivity contribution in [2.45, 2.75) is 6.92 Å². The number of aromatic nitrogens is 2. The molecule has 28 heavy (non-hydrogen) atoms. The highest BCUT2D eigenvalue weighted by atomic mass is 127. The highest BCUT2D eigenvalue weighted by Crippen LogP contribution is 2.23. The molecule has 1 heterocycles. The summed E-state index contributed by atoms with van der Waals surface area (Å²) in [5.74, 6) is 0.537. The summed E-state index contributed by atoms with van der Waals surface area (Å²) in [5.41, 5.74) is 3.37. The van der Waals surface area contributed by atoms with Crippen molar-refractivity contribution in [3.8, 4) is 5.69 Å². The third-order valence-electron chi connectivity index (χ3n) is 4.55. The maximum absolute atomic E-state index is 13.4. The molecule has 4 rings (SSSR count). The lowest BCUT2D eigenvalue weighted by Gasteiger charge is -2.13. The molecule has 138 valence electrons. The molecule has 0 radical (unpaired) electrons. The SMILES string of the molecule is Cc1ccccc1/C=C/c1nc2ccc(I)cc2c(=O)n1-c1ccccc1Cl. The minimum Gasteiger partial charge on any atom is -0.268 e.